The van der Waals surface area contributed by atoms with Crippen LogP contribution in [0.5, 0.6) is 0 Å². The van der Waals surface area contributed by atoms with E-state index in [0.717, 1.165) is 46.8 Å². The van der Waals surface area contributed by atoms with Gasteiger partial charge >= 0.3 is 0 Å². The van der Waals surface area contributed by atoms with Crippen molar-refractivity contribution in [1.29, 1.82) is 0 Å². The van der Waals surface area contributed by atoms with Crippen LogP contribution in [0.4, 0.5) is 5.69 Å². The number of fused-ring (bicyclic) bond motifs is 2. The fraction of sp³-hybridized carbons (Fsp3) is 0.190. The first-order valence-electron chi connectivity index (χ1n) is 9.18. The summed E-state index contributed by atoms with van der Waals surface area (Å²) < 4.78 is 2.23. The number of aryl methyl sites for hydroxylation is 2. The maximum absolute atomic E-state index is 12.8. The minimum Gasteiger partial charge on any atom is -0.345 e. The molecule has 1 amide bonds. The fourth-order valence-corrected chi connectivity index (χ4v) is 3.63. The number of H-pyrrole nitrogens is 1. The van der Waals surface area contributed by atoms with Crippen LogP contribution in [0, 0.1) is 0 Å². The van der Waals surface area contributed by atoms with Crippen LogP contribution >= 0.6 is 0 Å². The van der Waals surface area contributed by atoms with Gasteiger partial charge in [-0.05, 0) is 37.1 Å². The van der Waals surface area contributed by atoms with E-state index >= 15 is 0 Å². The van der Waals surface area contributed by atoms with Crippen LogP contribution in [0.25, 0.3) is 22.3 Å². The number of carbonyl (C=O) groups excluding carboxylic acids is 1. The summed E-state index contributed by atoms with van der Waals surface area (Å²) >= 11 is 0. The number of rotatable bonds is 3. The number of carbonyl (C=O) groups is 1. The largest absolute Gasteiger partial charge is 0.345 e. The van der Waals surface area contributed by atoms with Crippen LogP contribution in [0.1, 0.15) is 29.0 Å². The number of para-hydroxylation sites is 1. The number of anilines is 1. The average molecular weight is 357 g/mol. The Labute approximate surface area is 156 Å². The zero-order chi connectivity index (χ0) is 18.2. The summed E-state index contributed by atoms with van der Waals surface area (Å²) in [6.07, 6.45) is 7.11. The molecule has 0 radical (unpaired) electrons. The molecule has 5 rings (SSSR count). The summed E-state index contributed by atoms with van der Waals surface area (Å²) in [6.45, 7) is 1.01. The predicted molar refractivity (Wildman–Crippen MR) is 105 cm³/mol. The molecule has 3 heterocycles. The first-order valence-corrected chi connectivity index (χ1v) is 9.18. The van der Waals surface area contributed by atoms with Gasteiger partial charge in [0.1, 0.15) is 5.82 Å². The van der Waals surface area contributed by atoms with E-state index in [1.807, 2.05) is 36.4 Å². The highest BCUT2D eigenvalue weighted by atomic mass is 16.1. The Morgan fingerprint density at radius 1 is 1.15 bits per heavy atom. The van der Waals surface area contributed by atoms with Crippen molar-refractivity contribution in [1.82, 2.24) is 19.5 Å². The van der Waals surface area contributed by atoms with Crippen molar-refractivity contribution in [2.24, 2.45) is 0 Å². The third-order valence-electron chi connectivity index (χ3n) is 5.04. The van der Waals surface area contributed by atoms with Gasteiger partial charge in [0.25, 0.3) is 5.91 Å². The zero-order valence-electron chi connectivity index (χ0n) is 14.8. The first kappa shape index (κ1) is 15.8. The van der Waals surface area contributed by atoms with Crippen molar-refractivity contribution < 1.29 is 4.79 Å². The molecule has 2 N–H and O–H groups in total. The lowest BCUT2D eigenvalue weighted by molar-refractivity contribution is 0.102. The topological polar surface area (TPSA) is 75.6 Å². The summed E-state index contributed by atoms with van der Waals surface area (Å²) in [4.78, 5) is 24.8. The highest BCUT2D eigenvalue weighted by molar-refractivity contribution is 6.07. The van der Waals surface area contributed by atoms with Gasteiger partial charge in [-0.25, -0.2) is 9.97 Å². The van der Waals surface area contributed by atoms with E-state index in [1.165, 1.54) is 12.8 Å². The van der Waals surface area contributed by atoms with E-state index in [0.29, 0.717) is 5.56 Å². The molecule has 27 heavy (non-hydrogen) atoms. The number of amides is 1. The lowest BCUT2D eigenvalue weighted by Gasteiger charge is -2.11. The highest BCUT2D eigenvalue weighted by Crippen LogP contribution is 2.29. The van der Waals surface area contributed by atoms with Gasteiger partial charge in [0.2, 0.25) is 0 Å². The summed E-state index contributed by atoms with van der Waals surface area (Å²) in [5.74, 6) is 0.977. The summed E-state index contributed by atoms with van der Waals surface area (Å²) in [5.41, 5.74) is 4.89. The molecule has 4 aromatic rings. The molecule has 0 bridgehead atoms. The smallest absolute Gasteiger partial charge is 0.255 e. The van der Waals surface area contributed by atoms with Gasteiger partial charge in [0.05, 0.1) is 28.7 Å². The number of hydrogen-bond acceptors (Lipinski definition) is 3. The first-order chi connectivity index (χ1) is 13.3. The Kier molecular flexibility index (Phi) is 3.74. The van der Waals surface area contributed by atoms with Gasteiger partial charge in [0.15, 0.2) is 0 Å². The monoisotopic (exact) mass is 357 g/mol. The number of imidazole rings is 2. The Bertz CT molecular complexity index is 1120. The van der Waals surface area contributed by atoms with E-state index in [2.05, 4.69) is 26.0 Å². The number of hydrogen-bond donors (Lipinski definition) is 2. The maximum atomic E-state index is 12.8. The second-order valence-corrected chi connectivity index (χ2v) is 6.83. The predicted octanol–water partition coefficient (Wildman–Crippen LogP) is 4.02. The van der Waals surface area contributed by atoms with Crippen LogP contribution in [0.2, 0.25) is 0 Å². The summed E-state index contributed by atoms with van der Waals surface area (Å²) in [6, 6.07) is 13.3. The second-order valence-electron chi connectivity index (χ2n) is 6.83. The highest BCUT2D eigenvalue weighted by Gasteiger charge is 2.16. The van der Waals surface area contributed by atoms with Gasteiger partial charge in [-0.1, -0.05) is 18.2 Å². The number of benzene rings is 2. The normalized spacial score (nSPS) is 13.5. The SMILES string of the molecule is O=C(Nc1ccccc1-c1cn2c(n1)CCCC2)c1ccc2nc[nH]c2c1. The third-order valence-corrected chi connectivity index (χ3v) is 5.04. The van der Waals surface area contributed by atoms with Crippen molar-refractivity contribution in [3.8, 4) is 11.3 Å². The Morgan fingerprint density at radius 3 is 3.00 bits per heavy atom. The molecule has 2 aromatic heterocycles. The number of nitrogens with zero attached hydrogens (tertiary/aromatic N) is 3. The van der Waals surface area contributed by atoms with Crippen molar-refractivity contribution >= 4 is 22.6 Å². The molecule has 6 heteroatoms. The Balaban J connectivity index is 1.47. The van der Waals surface area contributed by atoms with Crippen LogP contribution in [-0.4, -0.2) is 25.4 Å². The molecule has 0 aliphatic carbocycles. The molecule has 0 unspecified atom stereocenters. The summed E-state index contributed by atoms with van der Waals surface area (Å²) in [5, 5.41) is 3.04. The lowest BCUT2D eigenvalue weighted by Crippen LogP contribution is -2.12. The lowest BCUT2D eigenvalue weighted by atomic mass is 10.1. The molecular weight excluding hydrogens is 338 g/mol. The van der Waals surface area contributed by atoms with Crippen LogP contribution in [0.15, 0.2) is 55.0 Å². The Morgan fingerprint density at radius 2 is 2.07 bits per heavy atom. The summed E-state index contributed by atoms with van der Waals surface area (Å²) in [7, 11) is 0. The van der Waals surface area contributed by atoms with Gasteiger partial charge in [0, 0.05) is 30.3 Å². The van der Waals surface area contributed by atoms with Gasteiger partial charge in [-0.15, -0.1) is 0 Å². The minimum atomic E-state index is -0.150. The minimum absolute atomic E-state index is 0.150. The van der Waals surface area contributed by atoms with Crippen LogP contribution in [-0.2, 0) is 13.0 Å². The Hall–Kier alpha value is -3.41. The van der Waals surface area contributed by atoms with Crippen LogP contribution < -0.4 is 5.32 Å². The molecular formula is C21H19N5O. The molecule has 0 fully saturated rings. The average Bonchev–Trinajstić information content (AvgIpc) is 3.34. The molecule has 1 aliphatic rings. The van der Waals surface area contributed by atoms with Crippen LogP contribution in [0.3, 0.4) is 0 Å². The van der Waals surface area contributed by atoms with Crippen molar-refractivity contribution in [2.75, 3.05) is 5.32 Å². The third kappa shape index (κ3) is 2.89. The van der Waals surface area contributed by atoms with E-state index in [9.17, 15) is 4.79 Å². The van der Waals surface area contributed by atoms with E-state index < -0.39 is 0 Å². The fourth-order valence-electron chi connectivity index (χ4n) is 3.63. The second kappa shape index (κ2) is 6.39. The molecule has 6 nitrogen and oxygen atoms in total. The van der Waals surface area contributed by atoms with Crippen molar-refractivity contribution in [3.63, 3.8) is 0 Å². The molecule has 0 saturated heterocycles. The molecule has 1 aliphatic heterocycles. The van der Waals surface area contributed by atoms with Gasteiger partial charge in [-0.2, -0.15) is 0 Å². The number of aromatic nitrogens is 4. The molecule has 134 valence electrons. The van der Waals surface area contributed by atoms with Gasteiger partial charge in [-0.3, -0.25) is 4.79 Å². The van der Waals surface area contributed by atoms with E-state index in [4.69, 9.17) is 4.98 Å². The van der Waals surface area contributed by atoms with E-state index in [1.54, 1.807) is 12.4 Å². The molecule has 2 aromatic carbocycles. The van der Waals surface area contributed by atoms with Gasteiger partial charge < -0.3 is 14.9 Å². The van der Waals surface area contributed by atoms with Crippen molar-refractivity contribution in [3.05, 3.63) is 66.4 Å². The van der Waals surface area contributed by atoms with Crippen molar-refractivity contribution in [2.45, 2.75) is 25.8 Å². The molecule has 0 atom stereocenters. The number of nitrogens with one attached hydrogen (secondary N) is 2. The molecule has 0 spiro atoms. The van der Waals surface area contributed by atoms with E-state index in [-0.39, 0.29) is 5.91 Å². The standard InChI is InChI=1S/C21H19N5O/c27-21(14-8-9-17-18(11-14)23-13-22-17)25-16-6-2-1-5-15(16)19-12-26-10-4-3-7-20(26)24-19/h1-2,5-6,8-9,11-13H,3-4,7,10H2,(H,22,23)(H,25,27). The zero-order valence-corrected chi connectivity index (χ0v) is 14.8. The molecule has 0 saturated carbocycles. The maximum Gasteiger partial charge on any atom is 0.255 e. The quantitative estimate of drug-likeness (QED) is 0.581. The number of aromatic amines is 1.